The second kappa shape index (κ2) is 7.45. The van der Waals surface area contributed by atoms with Gasteiger partial charge >= 0.3 is 0 Å². The number of nitrogens with zero attached hydrogens (tertiary/aromatic N) is 3. The van der Waals surface area contributed by atoms with Gasteiger partial charge in [-0.25, -0.2) is 8.42 Å². The topological polar surface area (TPSA) is 91.1 Å². The summed E-state index contributed by atoms with van der Waals surface area (Å²) in [6.07, 6.45) is 3.32. The molecule has 2 fully saturated rings. The van der Waals surface area contributed by atoms with E-state index >= 15 is 0 Å². The third kappa shape index (κ3) is 3.53. The highest BCUT2D eigenvalue weighted by Gasteiger charge is 2.43. The number of amides is 2. The standard InChI is InChI=1S/C23H27N3O5S/c1-23(2)15-26(21(27)16-5-6-16)19-8-7-17(14-18(19)23)32(29,30)25-11-9-24(10-12-25)22(28)20-4-3-13-31-20/h3-4,7-8,13-14,16H,5-6,9-12,15H2,1-2H3. The van der Waals surface area contributed by atoms with Crippen LogP contribution in [0.4, 0.5) is 5.69 Å². The highest BCUT2D eigenvalue weighted by Crippen LogP contribution is 2.44. The van der Waals surface area contributed by atoms with Crippen molar-refractivity contribution in [1.82, 2.24) is 9.21 Å². The number of hydrogen-bond acceptors (Lipinski definition) is 5. The molecule has 2 amide bonds. The van der Waals surface area contributed by atoms with E-state index in [-0.39, 0.29) is 46.9 Å². The van der Waals surface area contributed by atoms with E-state index in [1.165, 1.54) is 10.6 Å². The molecule has 170 valence electrons. The molecule has 2 aromatic rings. The van der Waals surface area contributed by atoms with Gasteiger partial charge in [0.2, 0.25) is 15.9 Å². The summed E-state index contributed by atoms with van der Waals surface area (Å²) in [5.41, 5.74) is 1.39. The van der Waals surface area contributed by atoms with Crippen LogP contribution in [0.15, 0.2) is 45.9 Å². The molecule has 1 saturated heterocycles. The molecule has 0 bridgehead atoms. The molecule has 5 rings (SSSR count). The minimum atomic E-state index is -3.71. The molecule has 2 aliphatic heterocycles. The summed E-state index contributed by atoms with van der Waals surface area (Å²) in [7, 11) is -3.71. The van der Waals surface area contributed by atoms with Crippen molar-refractivity contribution in [3.05, 3.63) is 47.9 Å². The van der Waals surface area contributed by atoms with Crippen LogP contribution in [0.3, 0.4) is 0 Å². The zero-order chi connectivity index (χ0) is 22.7. The predicted molar refractivity (Wildman–Crippen MR) is 118 cm³/mol. The first-order chi connectivity index (χ1) is 15.2. The minimum Gasteiger partial charge on any atom is -0.459 e. The normalized spacial score (nSPS) is 20.9. The predicted octanol–water partition coefficient (Wildman–Crippen LogP) is 2.46. The van der Waals surface area contributed by atoms with E-state index in [0.717, 1.165) is 24.1 Å². The first-order valence-electron chi connectivity index (χ1n) is 11.0. The van der Waals surface area contributed by atoms with Crippen LogP contribution >= 0.6 is 0 Å². The molecule has 0 N–H and O–H groups in total. The monoisotopic (exact) mass is 457 g/mol. The Morgan fingerprint density at radius 3 is 2.41 bits per heavy atom. The summed E-state index contributed by atoms with van der Waals surface area (Å²) >= 11 is 0. The maximum absolute atomic E-state index is 13.4. The fraction of sp³-hybridized carbons (Fsp3) is 0.478. The fourth-order valence-corrected chi connectivity index (χ4v) is 6.05. The molecular formula is C23H27N3O5S. The van der Waals surface area contributed by atoms with Crippen molar-refractivity contribution >= 4 is 27.5 Å². The van der Waals surface area contributed by atoms with Crippen molar-refractivity contribution in [1.29, 1.82) is 0 Å². The van der Waals surface area contributed by atoms with E-state index in [9.17, 15) is 18.0 Å². The van der Waals surface area contributed by atoms with Crippen molar-refractivity contribution in [2.75, 3.05) is 37.6 Å². The van der Waals surface area contributed by atoms with Gasteiger partial charge < -0.3 is 14.2 Å². The Labute approximate surface area is 187 Å². The Balaban J connectivity index is 1.35. The molecule has 8 nitrogen and oxygen atoms in total. The van der Waals surface area contributed by atoms with Gasteiger partial charge in [0.1, 0.15) is 0 Å². The van der Waals surface area contributed by atoms with Crippen molar-refractivity contribution in [3.63, 3.8) is 0 Å². The van der Waals surface area contributed by atoms with E-state index in [1.807, 2.05) is 18.7 Å². The molecule has 32 heavy (non-hydrogen) atoms. The van der Waals surface area contributed by atoms with Gasteiger partial charge in [-0.05, 0) is 48.7 Å². The van der Waals surface area contributed by atoms with Crippen LogP contribution in [0.2, 0.25) is 0 Å². The second-order valence-electron chi connectivity index (χ2n) is 9.44. The van der Waals surface area contributed by atoms with Crippen LogP contribution in [-0.2, 0) is 20.2 Å². The first kappa shape index (κ1) is 21.2. The lowest BCUT2D eigenvalue weighted by Gasteiger charge is -2.33. The van der Waals surface area contributed by atoms with Crippen LogP contribution in [-0.4, -0.2) is 62.2 Å². The van der Waals surface area contributed by atoms with Gasteiger partial charge in [0.25, 0.3) is 5.91 Å². The van der Waals surface area contributed by atoms with E-state index < -0.39 is 10.0 Å². The summed E-state index contributed by atoms with van der Waals surface area (Å²) in [4.78, 5) is 28.8. The lowest BCUT2D eigenvalue weighted by atomic mass is 9.87. The Bertz CT molecular complexity index is 1160. The molecule has 1 saturated carbocycles. The van der Waals surface area contributed by atoms with E-state index in [0.29, 0.717) is 19.6 Å². The Morgan fingerprint density at radius 1 is 1.06 bits per heavy atom. The number of piperazine rings is 1. The second-order valence-corrected chi connectivity index (χ2v) is 11.4. The third-order valence-electron chi connectivity index (χ3n) is 6.63. The van der Waals surface area contributed by atoms with Crippen molar-refractivity contribution in [2.45, 2.75) is 37.0 Å². The molecule has 3 heterocycles. The van der Waals surface area contributed by atoms with Crippen LogP contribution in [0.25, 0.3) is 0 Å². The molecule has 0 radical (unpaired) electrons. The fourth-order valence-electron chi connectivity index (χ4n) is 4.60. The Kier molecular flexibility index (Phi) is 4.94. The minimum absolute atomic E-state index is 0.111. The van der Waals surface area contributed by atoms with Crippen LogP contribution in [0.5, 0.6) is 0 Å². The van der Waals surface area contributed by atoms with Crippen LogP contribution < -0.4 is 4.90 Å². The van der Waals surface area contributed by atoms with Gasteiger partial charge in [0, 0.05) is 49.7 Å². The van der Waals surface area contributed by atoms with Crippen LogP contribution in [0.1, 0.15) is 42.8 Å². The number of carbonyl (C=O) groups is 2. The molecular weight excluding hydrogens is 430 g/mol. The number of furan rings is 1. The van der Waals surface area contributed by atoms with E-state index in [1.54, 1.807) is 35.2 Å². The van der Waals surface area contributed by atoms with Crippen molar-refractivity contribution in [2.24, 2.45) is 5.92 Å². The quantitative estimate of drug-likeness (QED) is 0.703. The van der Waals surface area contributed by atoms with Gasteiger partial charge in [-0.1, -0.05) is 13.8 Å². The molecule has 0 spiro atoms. The highest BCUT2D eigenvalue weighted by molar-refractivity contribution is 7.89. The summed E-state index contributed by atoms with van der Waals surface area (Å²) < 4.78 is 33.3. The zero-order valence-electron chi connectivity index (χ0n) is 18.3. The van der Waals surface area contributed by atoms with Crippen molar-refractivity contribution < 1.29 is 22.4 Å². The van der Waals surface area contributed by atoms with Gasteiger partial charge in [-0.2, -0.15) is 4.31 Å². The number of carbonyl (C=O) groups excluding carboxylic acids is 2. The Morgan fingerprint density at radius 2 is 1.78 bits per heavy atom. The third-order valence-corrected chi connectivity index (χ3v) is 8.52. The lowest BCUT2D eigenvalue weighted by molar-refractivity contribution is -0.119. The summed E-state index contributed by atoms with van der Waals surface area (Å²) in [6, 6.07) is 8.36. The lowest BCUT2D eigenvalue weighted by Crippen LogP contribution is -2.50. The summed E-state index contributed by atoms with van der Waals surface area (Å²) in [5, 5.41) is 0. The van der Waals surface area contributed by atoms with Gasteiger partial charge in [0.05, 0.1) is 11.2 Å². The van der Waals surface area contributed by atoms with Gasteiger partial charge in [-0.15, -0.1) is 0 Å². The van der Waals surface area contributed by atoms with Gasteiger partial charge in [0.15, 0.2) is 5.76 Å². The number of benzene rings is 1. The molecule has 0 unspecified atom stereocenters. The highest BCUT2D eigenvalue weighted by atomic mass is 32.2. The number of anilines is 1. The number of sulfonamides is 1. The molecule has 1 aromatic carbocycles. The SMILES string of the molecule is CC1(C)CN(C(=O)C2CC2)c2ccc(S(=O)(=O)N3CCN(C(=O)c4ccco4)CC3)cc21. The number of rotatable bonds is 4. The first-order valence-corrected chi connectivity index (χ1v) is 12.4. The summed E-state index contributed by atoms with van der Waals surface area (Å²) in [6.45, 7) is 5.71. The molecule has 1 aromatic heterocycles. The summed E-state index contributed by atoms with van der Waals surface area (Å²) in [5.74, 6) is 0.282. The van der Waals surface area contributed by atoms with Crippen molar-refractivity contribution in [3.8, 4) is 0 Å². The van der Waals surface area contributed by atoms with E-state index in [2.05, 4.69) is 0 Å². The molecule has 1 aliphatic carbocycles. The average molecular weight is 458 g/mol. The van der Waals surface area contributed by atoms with Gasteiger partial charge in [-0.3, -0.25) is 9.59 Å². The molecule has 9 heteroatoms. The largest absolute Gasteiger partial charge is 0.459 e. The number of hydrogen-bond donors (Lipinski definition) is 0. The molecule has 0 atom stereocenters. The maximum atomic E-state index is 13.4. The average Bonchev–Trinajstić information content (AvgIpc) is 3.42. The molecule has 3 aliphatic rings. The number of fused-ring (bicyclic) bond motifs is 1. The maximum Gasteiger partial charge on any atom is 0.289 e. The van der Waals surface area contributed by atoms with Crippen LogP contribution in [0, 0.1) is 5.92 Å². The van der Waals surface area contributed by atoms with E-state index in [4.69, 9.17) is 4.42 Å². The Hall–Kier alpha value is -2.65. The smallest absolute Gasteiger partial charge is 0.289 e. The zero-order valence-corrected chi connectivity index (χ0v) is 19.1.